The fourth-order valence-corrected chi connectivity index (χ4v) is 1.64. The van der Waals surface area contributed by atoms with Crippen molar-refractivity contribution in [3.63, 3.8) is 0 Å². The predicted octanol–water partition coefficient (Wildman–Crippen LogP) is 2.56. The molecule has 0 bridgehead atoms. The molecule has 0 saturated heterocycles. The van der Waals surface area contributed by atoms with Crippen molar-refractivity contribution in [2.24, 2.45) is 0 Å². The van der Waals surface area contributed by atoms with E-state index in [1.54, 1.807) is 6.07 Å². The Hall–Kier alpha value is -1.85. The van der Waals surface area contributed by atoms with Crippen molar-refractivity contribution in [1.29, 1.82) is 0 Å². The van der Waals surface area contributed by atoms with E-state index in [1.807, 2.05) is 0 Å². The van der Waals surface area contributed by atoms with Gasteiger partial charge in [0, 0.05) is 12.1 Å². The number of hydrogen-bond acceptors (Lipinski definition) is 5. The maximum absolute atomic E-state index is 10.6. The molecule has 0 aliphatic rings. The van der Waals surface area contributed by atoms with Crippen LogP contribution in [-0.4, -0.2) is 15.9 Å². The SMILES string of the molecule is CCCC(CC)Nc1ccc([N+](=O)[O-])c(N)n1. The minimum atomic E-state index is -0.532. The number of nitro groups is 1. The Balaban J connectivity index is 2.79. The highest BCUT2D eigenvalue weighted by Crippen LogP contribution is 2.21. The molecule has 1 aromatic heterocycles. The van der Waals surface area contributed by atoms with Gasteiger partial charge in [0.25, 0.3) is 0 Å². The Labute approximate surface area is 100 Å². The zero-order valence-corrected chi connectivity index (χ0v) is 10.1. The molecule has 0 aliphatic carbocycles. The summed E-state index contributed by atoms with van der Waals surface area (Å²) in [6.07, 6.45) is 3.09. The molecule has 0 aromatic carbocycles. The number of aromatic nitrogens is 1. The second kappa shape index (κ2) is 6.03. The first kappa shape index (κ1) is 13.2. The van der Waals surface area contributed by atoms with Crippen molar-refractivity contribution >= 4 is 17.3 Å². The number of nitrogens with one attached hydrogen (secondary N) is 1. The van der Waals surface area contributed by atoms with Crippen molar-refractivity contribution < 1.29 is 4.92 Å². The van der Waals surface area contributed by atoms with Crippen LogP contribution in [0.4, 0.5) is 17.3 Å². The van der Waals surface area contributed by atoms with Gasteiger partial charge in [0.05, 0.1) is 4.92 Å². The van der Waals surface area contributed by atoms with Crippen LogP contribution in [0.5, 0.6) is 0 Å². The molecule has 0 aliphatic heterocycles. The molecular weight excluding hydrogens is 220 g/mol. The van der Waals surface area contributed by atoms with Crippen LogP contribution in [0, 0.1) is 10.1 Å². The van der Waals surface area contributed by atoms with E-state index >= 15 is 0 Å². The molecule has 1 unspecified atom stereocenters. The van der Waals surface area contributed by atoms with Crippen LogP contribution in [0.15, 0.2) is 12.1 Å². The van der Waals surface area contributed by atoms with Crippen LogP contribution in [0.2, 0.25) is 0 Å². The molecule has 1 aromatic rings. The third kappa shape index (κ3) is 3.58. The van der Waals surface area contributed by atoms with E-state index in [0.717, 1.165) is 19.3 Å². The molecule has 3 N–H and O–H groups in total. The topological polar surface area (TPSA) is 94.1 Å². The van der Waals surface area contributed by atoms with Gasteiger partial charge in [-0.15, -0.1) is 0 Å². The van der Waals surface area contributed by atoms with E-state index in [9.17, 15) is 10.1 Å². The Morgan fingerprint density at radius 1 is 1.53 bits per heavy atom. The lowest BCUT2D eigenvalue weighted by Crippen LogP contribution is -2.19. The number of pyridine rings is 1. The number of rotatable bonds is 6. The lowest BCUT2D eigenvalue weighted by molar-refractivity contribution is -0.384. The van der Waals surface area contributed by atoms with Crippen molar-refractivity contribution in [3.05, 3.63) is 22.2 Å². The van der Waals surface area contributed by atoms with Gasteiger partial charge >= 0.3 is 5.69 Å². The van der Waals surface area contributed by atoms with Crippen molar-refractivity contribution in [3.8, 4) is 0 Å². The van der Waals surface area contributed by atoms with E-state index in [4.69, 9.17) is 5.73 Å². The molecule has 0 amide bonds. The van der Waals surface area contributed by atoms with Gasteiger partial charge in [0.1, 0.15) is 5.82 Å². The standard InChI is InChI=1S/C11H18N4O2/c1-3-5-8(4-2)13-10-7-6-9(15(16)17)11(12)14-10/h6-8H,3-5H2,1-2H3,(H3,12,13,14). The molecule has 94 valence electrons. The van der Waals surface area contributed by atoms with E-state index in [-0.39, 0.29) is 11.5 Å². The van der Waals surface area contributed by atoms with Crippen LogP contribution >= 0.6 is 0 Å². The lowest BCUT2D eigenvalue weighted by Gasteiger charge is -2.16. The van der Waals surface area contributed by atoms with Crippen molar-refractivity contribution in [2.75, 3.05) is 11.1 Å². The highest BCUT2D eigenvalue weighted by molar-refractivity contribution is 5.57. The van der Waals surface area contributed by atoms with E-state index in [1.165, 1.54) is 6.07 Å². The minimum Gasteiger partial charge on any atom is -0.378 e. The fraction of sp³-hybridized carbons (Fsp3) is 0.545. The van der Waals surface area contributed by atoms with E-state index < -0.39 is 4.92 Å². The number of nitrogen functional groups attached to an aromatic ring is 1. The largest absolute Gasteiger partial charge is 0.378 e. The van der Waals surface area contributed by atoms with Gasteiger partial charge in [0.2, 0.25) is 5.82 Å². The zero-order chi connectivity index (χ0) is 12.8. The van der Waals surface area contributed by atoms with Gasteiger partial charge < -0.3 is 11.1 Å². The maximum atomic E-state index is 10.6. The van der Waals surface area contributed by atoms with Gasteiger partial charge in [-0.25, -0.2) is 4.98 Å². The molecule has 1 heterocycles. The molecule has 0 radical (unpaired) electrons. The normalized spacial score (nSPS) is 12.1. The van der Waals surface area contributed by atoms with Crippen LogP contribution in [-0.2, 0) is 0 Å². The highest BCUT2D eigenvalue weighted by atomic mass is 16.6. The van der Waals surface area contributed by atoms with Gasteiger partial charge in [-0.2, -0.15) is 0 Å². The van der Waals surface area contributed by atoms with Gasteiger partial charge in [-0.1, -0.05) is 20.3 Å². The molecule has 1 atom stereocenters. The smallest absolute Gasteiger partial charge is 0.311 e. The van der Waals surface area contributed by atoms with Crippen LogP contribution < -0.4 is 11.1 Å². The van der Waals surface area contributed by atoms with Crippen LogP contribution in [0.1, 0.15) is 33.1 Å². The highest BCUT2D eigenvalue weighted by Gasteiger charge is 2.14. The summed E-state index contributed by atoms with van der Waals surface area (Å²) in [6.45, 7) is 4.20. The molecule has 0 spiro atoms. The average molecular weight is 238 g/mol. The summed E-state index contributed by atoms with van der Waals surface area (Å²) in [6, 6.07) is 3.30. The molecular formula is C11H18N4O2. The van der Waals surface area contributed by atoms with Crippen molar-refractivity contribution in [2.45, 2.75) is 39.2 Å². The lowest BCUT2D eigenvalue weighted by atomic mass is 10.1. The second-order valence-corrected chi connectivity index (χ2v) is 3.90. The van der Waals surface area contributed by atoms with E-state index in [2.05, 4.69) is 24.1 Å². The number of nitrogens with zero attached hydrogens (tertiary/aromatic N) is 2. The summed E-state index contributed by atoms with van der Waals surface area (Å²) in [4.78, 5) is 14.0. The van der Waals surface area contributed by atoms with Gasteiger partial charge in [0.15, 0.2) is 0 Å². The van der Waals surface area contributed by atoms with Crippen LogP contribution in [0.3, 0.4) is 0 Å². The third-order valence-corrected chi connectivity index (χ3v) is 2.58. The number of anilines is 2. The summed E-state index contributed by atoms with van der Waals surface area (Å²) in [5.74, 6) is 0.541. The first-order valence-corrected chi connectivity index (χ1v) is 5.75. The Bertz CT molecular complexity index is 395. The van der Waals surface area contributed by atoms with E-state index in [0.29, 0.717) is 11.9 Å². The maximum Gasteiger partial charge on any atom is 0.311 e. The summed E-state index contributed by atoms with van der Waals surface area (Å²) in [5, 5.41) is 13.8. The molecule has 0 saturated carbocycles. The summed E-state index contributed by atoms with van der Waals surface area (Å²) in [7, 11) is 0. The molecule has 17 heavy (non-hydrogen) atoms. The van der Waals surface area contributed by atoms with Gasteiger partial charge in [-0.05, 0) is 18.9 Å². The monoisotopic (exact) mass is 238 g/mol. The summed E-state index contributed by atoms with van der Waals surface area (Å²) >= 11 is 0. The number of hydrogen-bond donors (Lipinski definition) is 2. The summed E-state index contributed by atoms with van der Waals surface area (Å²) in [5.41, 5.74) is 5.37. The summed E-state index contributed by atoms with van der Waals surface area (Å²) < 4.78 is 0. The first-order valence-electron chi connectivity index (χ1n) is 5.75. The van der Waals surface area contributed by atoms with Crippen LogP contribution in [0.25, 0.3) is 0 Å². The molecule has 0 fully saturated rings. The molecule has 1 rings (SSSR count). The minimum absolute atomic E-state index is 0.0497. The predicted molar refractivity (Wildman–Crippen MR) is 67.9 cm³/mol. The quantitative estimate of drug-likeness (QED) is 0.586. The second-order valence-electron chi connectivity index (χ2n) is 3.90. The zero-order valence-electron chi connectivity index (χ0n) is 10.1. The fourth-order valence-electron chi connectivity index (χ4n) is 1.64. The average Bonchev–Trinajstić information content (AvgIpc) is 2.28. The molecule has 6 heteroatoms. The Kier molecular flexibility index (Phi) is 4.68. The Morgan fingerprint density at radius 2 is 2.24 bits per heavy atom. The first-order chi connectivity index (χ1) is 8.08. The molecule has 6 nitrogen and oxygen atoms in total. The number of nitrogens with two attached hydrogens (primary N) is 1. The van der Waals surface area contributed by atoms with Gasteiger partial charge in [-0.3, -0.25) is 10.1 Å². The Morgan fingerprint density at radius 3 is 2.71 bits per heavy atom. The van der Waals surface area contributed by atoms with Crippen molar-refractivity contribution in [1.82, 2.24) is 4.98 Å². The third-order valence-electron chi connectivity index (χ3n) is 2.58.